The Bertz CT molecular complexity index is 327. The predicted octanol–water partition coefficient (Wildman–Crippen LogP) is 0.302. The van der Waals surface area contributed by atoms with E-state index in [0.29, 0.717) is 13.2 Å². The van der Waals surface area contributed by atoms with Gasteiger partial charge in [0, 0.05) is 27.1 Å². The molecule has 0 spiro atoms. The van der Waals surface area contributed by atoms with Gasteiger partial charge in [0.25, 0.3) is 0 Å². The summed E-state index contributed by atoms with van der Waals surface area (Å²) in [6, 6.07) is -0.571. The van der Waals surface area contributed by atoms with E-state index in [2.05, 4.69) is 5.32 Å². The molecule has 0 atom stereocenters. The van der Waals surface area contributed by atoms with Gasteiger partial charge in [-0.2, -0.15) is 0 Å². The molecule has 0 radical (unpaired) electrons. The second-order valence-corrected chi connectivity index (χ2v) is 4.63. The highest BCUT2D eigenvalue weighted by Gasteiger charge is 2.30. The Balaban J connectivity index is 4.24. The van der Waals surface area contributed by atoms with E-state index in [4.69, 9.17) is 9.84 Å². The first-order chi connectivity index (χ1) is 8.20. The predicted molar refractivity (Wildman–Crippen MR) is 64.1 cm³/mol. The minimum absolute atomic E-state index is 0.258. The molecule has 0 aliphatic rings. The minimum atomic E-state index is -1.20. The van der Waals surface area contributed by atoms with Crippen LogP contribution in [-0.4, -0.2) is 55.2 Å². The number of urea groups is 1. The molecule has 0 aromatic heterocycles. The fourth-order valence-corrected chi connectivity index (χ4v) is 1.07. The zero-order chi connectivity index (χ0) is 14.3. The fraction of sp³-hybridized carbons (Fsp3) is 0.727. The number of hydrogen-bond acceptors (Lipinski definition) is 4. The van der Waals surface area contributed by atoms with Crippen LogP contribution in [-0.2, 0) is 14.3 Å². The molecule has 2 N–H and O–H groups in total. The van der Waals surface area contributed by atoms with Crippen LogP contribution in [0.3, 0.4) is 0 Å². The molecule has 7 nitrogen and oxygen atoms in total. The number of hydrogen-bond donors (Lipinski definition) is 2. The van der Waals surface area contributed by atoms with Crippen molar-refractivity contribution in [3.05, 3.63) is 0 Å². The number of carbonyl (C=O) groups excluding carboxylic acids is 2. The molecule has 0 saturated carbocycles. The van der Waals surface area contributed by atoms with E-state index in [0.717, 1.165) is 0 Å². The molecule has 7 heteroatoms. The molecular weight excluding hydrogens is 240 g/mol. The smallest absolute Gasteiger partial charge is 0.323 e. The van der Waals surface area contributed by atoms with Crippen molar-refractivity contribution < 1.29 is 24.2 Å². The number of likely N-dealkylation sites (N-methyl/N-ethyl adjacent to an activating group) is 1. The maximum atomic E-state index is 11.5. The van der Waals surface area contributed by atoms with E-state index in [9.17, 15) is 14.4 Å². The van der Waals surface area contributed by atoms with Gasteiger partial charge in [-0.1, -0.05) is 0 Å². The average molecular weight is 260 g/mol. The van der Waals surface area contributed by atoms with Crippen LogP contribution in [0.2, 0.25) is 0 Å². The van der Waals surface area contributed by atoms with Crippen molar-refractivity contribution in [1.29, 1.82) is 0 Å². The lowest BCUT2D eigenvalue weighted by Gasteiger charge is -2.20. The van der Waals surface area contributed by atoms with Crippen LogP contribution in [0.5, 0.6) is 0 Å². The molecule has 0 saturated heterocycles. The van der Waals surface area contributed by atoms with Crippen molar-refractivity contribution in [3.8, 4) is 0 Å². The van der Waals surface area contributed by atoms with Gasteiger partial charge in [-0.15, -0.1) is 0 Å². The number of ether oxygens (including phenoxy) is 1. The fourth-order valence-electron chi connectivity index (χ4n) is 1.07. The Morgan fingerprint density at radius 1 is 1.33 bits per heavy atom. The number of carbonyl (C=O) groups is 3. The number of carboxylic acids is 1. The standard InChI is InChI=1S/C11H20N2O5/c1-11(2,9(15)16)7-8(14)12-10(17)13(3)5-6-18-4/h5-7H2,1-4H3,(H,15,16)(H,12,14,17). The van der Waals surface area contributed by atoms with Crippen molar-refractivity contribution in [3.63, 3.8) is 0 Å². The van der Waals surface area contributed by atoms with Gasteiger partial charge in [0.2, 0.25) is 5.91 Å². The highest BCUT2D eigenvalue weighted by molar-refractivity contribution is 5.96. The van der Waals surface area contributed by atoms with Crippen molar-refractivity contribution in [2.45, 2.75) is 20.3 Å². The van der Waals surface area contributed by atoms with E-state index in [1.165, 1.54) is 32.9 Å². The Morgan fingerprint density at radius 2 is 1.89 bits per heavy atom. The van der Waals surface area contributed by atoms with E-state index in [1.54, 1.807) is 0 Å². The third kappa shape index (κ3) is 5.62. The van der Waals surface area contributed by atoms with Crippen LogP contribution < -0.4 is 5.32 Å². The quantitative estimate of drug-likeness (QED) is 0.716. The Kier molecular flexibility index (Phi) is 6.32. The van der Waals surface area contributed by atoms with E-state index in [1.807, 2.05) is 0 Å². The van der Waals surface area contributed by atoms with E-state index in [-0.39, 0.29) is 6.42 Å². The van der Waals surface area contributed by atoms with Gasteiger partial charge < -0.3 is 14.7 Å². The summed E-state index contributed by atoms with van der Waals surface area (Å²) in [7, 11) is 3.02. The van der Waals surface area contributed by atoms with Crippen LogP contribution in [0.15, 0.2) is 0 Å². The topological polar surface area (TPSA) is 95.9 Å². The summed E-state index contributed by atoms with van der Waals surface area (Å²) in [5.41, 5.74) is -1.20. The molecular formula is C11H20N2O5. The number of imide groups is 1. The molecule has 0 heterocycles. The van der Waals surface area contributed by atoms with Gasteiger partial charge in [0.1, 0.15) is 0 Å². The molecule has 0 aromatic rings. The normalized spacial score (nSPS) is 10.9. The van der Waals surface area contributed by atoms with Gasteiger partial charge in [-0.3, -0.25) is 14.9 Å². The van der Waals surface area contributed by atoms with Crippen molar-refractivity contribution >= 4 is 17.9 Å². The second-order valence-electron chi connectivity index (χ2n) is 4.63. The van der Waals surface area contributed by atoms with Gasteiger partial charge in [0.15, 0.2) is 0 Å². The van der Waals surface area contributed by atoms with E-state index < -0.39 is 23.3 Å². The van der Waals surface area contributed by atoms with Crippen LogP contribution in [0.25, 0.3) is 0 Å². The summed E-state index contributed by atoms with van der Waals surface area (Å²) in [5.74, 6) is -1.70. The third-order valence-electron chi connectivity index (χ3n) is 2.41. The van der Waals surface area contributed by atoms with Gasteiger partial charge in [-0.05, 0) is 13.8 Å². The number of nitrogens with zero attached hydrogens (tertiary/aromatic N) is 1. The summed E-state index contributed by atoms with van der Waals surface area (Å²) in [6.07, 6.45) is -0.258. The lowest BCUT2D eigenvalue weighted by molar-refractivity contribution is -0.149. The largest absolute Gasteiger partial charge is 0.481 e. The van der Waals surface area contributed by atoms with Gasteiger partial charge in [0.05, 0.1) is 12.0 Å². The SMILES string of the molecule is COCCN(C)C(=O)NC(=O)CC(C)(C)C(=O)O. The molecule has 0 fully saturated rings. The highest BCUT2D eigenvalue weighted by Crippen LogP contribution is 2.19. The van der Waals surface area contributed by atoms with E-state index >= 15 is 0 Å². The molecule has 0 aliphatic heterocycles. The maximum absolute atomic E-state index is 11.5. The first-order valence-electron chi connectivity index (χ1n) is 5.48. The van der Waals surface area contributed by atoms with Crippen LogP contribution in [0.1, 0.15) is 20.3 Å². The lowest BCUT2D eigenvalue weighted by atomic mass is 9.89. The first kappa shape index (κ1) is 16.4. The Hall–Kier alpha value is -1.63. The van der Waals surface area contributed by atoms with Gasteiger partial charge >= 0.3 is 12.0 Å². The van der Waals surface area contributed by atoms with Crippen LogP contribution in [0, 0.1) is 5.41 Å². The number of nitrogens with one attached hydrogen (secondary N) is 1. The summed E-state index contributed by atoms with van der Waals surface area (Å²) in [5, 5.41) is 11.0. The molecule has 104 valence electrons. The van der Waals surface area contributed by atoms with Crippen molar-refractivity contribution in [1.82, 2.24) is 10.2 Å². The number of methoxy groups -OCH3 is 1. The summed E-state index contributed by atoms with van der Waals surface area (Å²) in [6.45, 7) is 3.55. The van der Waals surface area contributed by atoms with Crippen molar-refractivity contribution in [2.75, 3.05) is 27.3 Å². The summed E-state index contributed by atoms with van der Waals surface area (Å²) >= 11 is 0. The average Bonchev–Trinajstić information content (AvgIpc) is 2.24. The second kappa shape index (κ2) is 6.95. The number of aliphatic carboxylic acids is 1. The summed E-state index contributed by atoms with van der Waals surface area (Å²) in [4.78, 5) is 35.1. The molecule has 0 aliphatic carbocycles. The first-order valence-corrected chi connectivity index (χ1v) is 5.48. The molecule has 0 unspecified atom stereocenters. The molecule has 0 bridgehead atoms. The summed E-state index contributed by atoms with van der Waals surface area (Å²) < 4.78 is 4.80. The molecule has 0 rings (SSSR count). The maximum Gasteiger partial charge on any atom is 0.323 e. The number of rotatable bonds is 6. The zero-order valence-corrected chi connectivity index (χ0v) is 11.1. The van der Waals surface area contributed by atoms with Gasteiger partial charge in [-0.25, -0.2) is 4.79 Å². The number of carboxylic acid groups (broad SMARTS) is 1. The Morgan fingerprint density at radius 3 is 2.33 bits per heavy atom. The zero-order valence-electron chi connectivity index (χ0n) is 11.1. The third-order valence-corrected chi connectivity index (χ3v) is 2.41. The highest BCUT2D eigenvalue weighted by atomic mass is 16.5. The van der Waals surface area contributed by atoms with Crippen LogP contribution in [0.4, 0.5) is 4.79 Å². The molecule has 3 amide bonds. The molecule has 18 heavy (non-hydrogen) atoms. The minimum Gasteiger partial charge on any atom is -0.481 e. The number of amides is 3. The molecule has 0 aromatic carbocycles. The van der Waals surface area contributed by atoms with Crippen LogP contribution >= 0.6 is 0 Å². The Labute approximate surface area is 106 Å². The monoisotopic (exact) mass is 260 g/mol. The van der Waals surface area contributed by atoms with Crippen molar-refractivity contribution in [2.24, 2.45) is 5.41 Å². The lowest BCUT2D eigenvalue weighted by Crippen LogP contribution is -2.43.